The normalized spacial score (nSPS) is 10.4. The van der Waals surface area contributed by atoms with E-state index in [0.717, 1.165) is 11.4 Å². The van der Waals surface area contributed by atoms with E-state index >= 15 is 0 Å². The lowest BCUT2D eigenvalue weighted by molar-refractivity contribution is 0.102. The van der Waals surface area contributed by atoms with Crippen molar-refractivity contribution in [2.75, 3.05) is 10.6 Å². The molecule has 0 unspecified atom stereocenters. The first-order valence-electron chi connectivity index (χ1n) is 7.90. The molecule has 25 heavy (non-hydrogen) atoms. The van der Waals surface area contributed by atoms with Gasteiger partial charge in [0.1, 0.15) is 5.15 Å². The fraction of sp³-hybridized carbons (Fsp3) is 0.100. The molecule has 0 atom stereocenters. The maximum atomic E-state index is 12.5. The molecule has 0 fully saturated rings. The van der Waals surface area contributed by atoms with Crippen LogP contribution in [0.1, 0.15) is 21.5 Å². The Balaban J connectivity index is 1.85. The highest BCUT2D eigenvalue weighted by atomic mass is 35.5. The van der Waals surface area contributed by atoms with Crippen molar-refractivity contribution >= 4 is 34.6 Å². The molecule has 0 aliphatic carbocycles. The van der Waals surface area contributed by atoms with Gasteiger partial charge in [0.05, 0.1) is 16.9 Å². The number of para-hydroxylation sites is 2. The number of nitrogens with zero attached hydrogens (tertiary/aromatic N) is 1. The maximum Gasteiger partial charge on any atom is 0.258 e. The van der Waals surface area contributed by atoms with E-state index in [9.17, 15) is 4.79 Å². The molecule has 5 heteroatoms. The minimum Gasteiger partial charge on any atom is -0.354 e. The lowest BCUT2D eigenvalue weighted by atomic mass is 10.1. The molecule has 1 aromatic heterocycles. The molecular weight excluding hydrogens is 334 g/mol. The number of aryl methyl sites for hydroxylation is 2. The van der Waals surface area contributed by atoms with Crippen molar-refractivity contribution in [1.29, 1.82) is 0 Å². The molecule has 2 aromatic carbocycles. The zero-order valence-electron chi connectivity index (χ0n) is 14.0. The minimum absolute atomic E-state index is 0.180. The Kier molecular flexibility index (Phi) is 5.00. The smallest absolute Gasteiger partial charge is 0.258 e. The summed E-state index contributed by atoms with van der Waals surface area (Å²) < 4.78 is 0. The van der Waals surface area contributed by atoms with Crippen molar-refractivity contribution in [3.8, 4) is 0 Å². The van der Waals surface area contributed by atoms with Gasteiger partial charge in [-0.25, -0.2) is 4.98 Å². The first kappa shape index (κ1) is 17.0. The molecule has 0 saturated heterocycles. The maximum absolute atomic E-state index is 12.5. The van der Waals surface area contributed by atoms with Crippen molar-refractivity contribution in [3.63, 3.8) is 0 Å². The van der Waals surface area contributed by atoms with Gasteiger partial charge in [0.25, 0.3) is 5.91 Å². The molecule has 0 radical (unpaired) electrons. The Labute approximate surface area is 151 Å². The Hall–Kier alpha value is -2.85. The quantitative estimate of drug-likeness (QED) is 0.623. The average molecular weight is 352 g/mol. The number of hydrogen-bond donors (Lipinski definition) is 2. The van der Waals surface area contributed by atoms with Crippen LogP contribution >= 0.6 is 11.6 Å². The minimum atomic E-state index is -0.299. The van der Waals surface area contributed by atoms with E-state index in [0.29, 0.717) is 11.3 Å². The molecular formula is C20H18ClN3O. The number of hydrogen-bond acceptors (Lipinski definition) is 3. The molecule has 0 aliphatic rings. The number of benzene rings is 2. The van der Waals surface area contributed by atoms with E-state index in [4.69, 9.17) is 11.6 Å². The number of rotatable bonds is 4. The van der Waals surface area contributed by atoms with Gasteiger partial charge in [-0.15, -0.1) is 0 Å². The van der Waals surface area contributed by atoms with Gasteiger partial charge in [-0.2, -0.15) is 0 Å². The standard InChI is InChI=1S/C20H18ClN3O/c1-13-9-10-15(12-14(13)2)23-17-7-3-4-8-18(17)24-20(25)16-6-5-11-22-19(16)21/h3-12,23H,1-2H3,(H,24,25). The number of pyridine rings is 1. The number of amides is 1. The van der Waals surface area contributed by atoms with Crippen molar-refractivity contribution in [2.45, 2.75) is 13.8 Å². The van der Waals surface area contributed by atoms with Crippen LogP contribution in [-0.4, -0.2) is 10.9 Å². The van der Waals surface area contributed by atoms with E-state index in [1.54, 1.807) is 18.3 Å². The molecule has 3 aromatic rings. The third-order valence-electron chi connectivity index (χ3n) is 3.96. The molecule has 3 rings (SSSR count). The van der Waals surface area contributed by atoms with Crippen LogP contribution < -0.4 is 10.6 Å². The van der Waals surface area contributed by atoms with E-state index in [1.165, 1.54) is 11.1 Å². The second-order valence-electron chi connectivity index (χ2n) is 5.77. The predicted molar refractivity (Wildman–Crippen MR) is 103 cm³/mol. The van der Waals surface area contributed by atoms with Crippen molar-refractivity contribution in [2.24, 2.45) is 0 Å². The molecule has 2 N–H and O–H groups in total. The summed E-state index contributed by atoms with van der Waals surface area (Å²) in [5, 5.41) is 6.42. The molecule has 0 bridgehead atoms. The Morgan fingerprint density at radius 1 is 0.960 bits per heavy atom. The fourth-order valence-corrected chi connectivity index (χ4v) is 2.63. The van der Waals surface area contributed by atoms with Crippen LogP contribution in [0.2, 0.25) is 5.15 Å². The summed E-state index contributed by atoms with van der Waals surface area (Å²) in [5.74, 6) is -0.299. The highest BCUT2D eigenvalue weighted by Gasteiger charge is 2.13. The van der Waals surface area contributed by atoms with Gasteiger partial charge in [0, 0.05) is 11.9 Å². The topological polar surface area (TPSA) is 54.0 Å². The van der Waals surface area contributed by atoms with E-state index < -0.39 is 0 Å². The zero-order valence-corrected chi connectivity index (χ0v) is 14.8. The van der Waals surface area contributed by atoms with E-state index in [1.807, 2.05) is 30.3 Å². The summed E-state index contributed by atoms with van der Waals surface area (Å²) in [6.45, 7) is 4.14. The number of carbonyl (C=O) groups excluding carboxylic acids is 1. The number of carbonyl (C=O) groups is 1. The molecule has 4 nitrogen and oxygen atoms in total. The Morgan fingerprint density at radius 2 is 1.72 bits per heavy atom. The summed E-state index contributed by atoms with van der Waals surface area (Å²) >= 11 is 6.00. The lowest BCUT2D eigenvalue weighted by Crippen LogP contribution is -2.14. The van der Waals surface area contributed by atoms with Gasteiger partial charge < -0.3 is 10.6 Å². The number of anilines is 3. The van der Waals surface area contributed by atoms with E-state index in [-0.39, 0.29) is 11.1 Å². The van der Waals surface area contributed by atoms with Crippen LogP contribution in [0.25, 0.3) is 0 Å². The number of aromatic nitrogens is 1. The number of halogens is 1. The van der Waals surface area contributed by atoms with Gasteiger partial charge in [-0.1, -0.05) is 29.8 Å². The molecule has 0 spiro atoms. The second-order valence-corrected chi connectivity index (χ2v) is 6.12. The van der Waals surface area contributed by atoms with Gasteiger partial charge in [0.15, 0.2) is 0 Å². The van der Waals surface area contributed by atoms with Gasteiger partial charge in [-0.05, 0) is 61.4 Å². The van der Waals surface area contributed by atoms with Crippen molar-refractivity contribution in [1.82, 2.24) is 4.98 Å². The zero-order chi connectivity index (χ0) is 17.8. The van der Waals surface area contributed by atoms with Crippen LogP contribution in [0, 0.1) is 13.8 Å². The number of nitrogens with one attached hydrogen (secondary N) is 2. The first-order valence-corrected chi connectivity index (χ1v) is 8.27. The third kappa shape index (κ3) is 3.98. The largest absolute Gasteiger partial charge is 0.354 e. The first-order chi connectivity index (χ1) is 12.0. The average Bonchev–Trinajstić information content (AvgIpc) is 2.60. The van der Waals surface area contributed by atoms with Gasteiger partial charge >= 0.3 is 0 Å². The fourth-order valence-electron chi connectivity index (χ4n) is 2.42. The molecule has 1 heterocycles. The molecule has 0 saturated carbocycles. The Morgan fingerprint density at radius 3 is 2.44 bits per heavy atom. The van der Waals surface area contributed by atoms with Crippen LogP contribution in [0.3, 0.4) is 0 Å². The summed E-state index contributed by atoms with van der Waals surface area (Å²) in [5.41, 5.74) is 5.21. The van der Waals surface area contributed by atoms with Gasteiger partial charge in [-0.3, -0.25) is 4.79 Å². The van der Waals surface area contributed by atoms with Crippen LogP contribution in [-0.2, 0) is 0 Å². The van der Waals surface area contributed by atoms with Crippen molar-refractivity contribution < 1.29 is 4.79 Å². The highest BCUT2D eigenvalue weighted by Crippen LogP contribution is 2.27. The highest BCUT2D eigenvalue weighted by molar-refractivity contribution is 6.33. The van der Waals surface area contributed by atoms with Crippen LogP contribution in [0.5, 0.6) is 0 Å². The second kappa shape index (κ2) is 7.36. The van der Waals surface area contributed by atoms with Gasteiger partial charge in [0.2, 0.25) is 0 Å². The van der Waals surface area contributed by atoms with Crippen LogP contribution in [0.4, 0.5) is 17.1 Å². The molecule has 1 amide bonds. The van der Waals surface area contributed by atoms with E-state index in [2.05, 4.69) is 41.6 Å². The van der Waals surface area contributed by atoms with Crippen molar-refractivity contribution in [3.05, 3.63) is 82.6 Å². The monoisotopic (exact) mass is 351 g/mol. The lowest BCUT2D eigenvalue weighted by Gasteiger charge is -2.14. The Bertz CT molecular complexity index is 924. The molecule has 126 valence electrons. The summed E-state index contributed by atoms with van der Waals surface area (Å²) in [4.78, 5) is 16.4. The van der Waals surface area contributed by atoms with Crippen LogP contribution in [0.15, 0.2) is 60.8 Å². The summed E-state index contributed by atoms with van der Waals surface area (Å²) in [7, 11) is 0. The third-order valence-corrected chi connectivity index (χ3v) is 4.27. The molecule has 0 aliphatic heterocycles. The predicted octanol–water partition coefficient (Wildman–Crippen LogP) is 5.35. The SMILES string of the molecule is Cc1ccc(Nc2ccccc2NC(=O)c2cccnc2Cl)cc1C. The summed E-state index contributed by atoms with van der Waals surface area (Å²) in [6.07, 6.45) is 1.55. The summed E-state index contributed by atoms with van der Waals surface area (Å²) in [6, 6.07) is 17.0.